The summed E-state index contributed by atoms with van der Waals surface area (Å²) in [7, 11) is 0. The second kappa shape index (κ2) is 3.59. The van der Waals surface area contributed by atoms with E-state index in [0.717, 1.165) is 13.1 Å². The number of carboxylic acid groups (broad SMARTS) is 1. The molecule has 2 heterocycles. The van der Waals surface area contributed by atoms with Crippen molar-refractivity contribution in [2.45, 2.75) is 0 Å². The minimum absolute atomic E-state index is 0.116. The lowest BCUT2D eigenvalue weighted by atomic mass is 10.0. The summed E-state index contributed by atoms with van der Waals surface area (Å²) in [5, 5.41) is 10.8. The molecule has 0 atom stereocenters. The minimum Gasteiger partial charge on any atom is -0.465 e. The molecule has 0 aromatic rings. The first-order valence-corrected chi connectivity index (χ1v) is 5.63. The monoisotopic (exact) mass is 249 g/mol. The van der Waals surface area contributed by atoms with Crippen molar-refractivity contribution in [2.75, 3.05) is 26.2 Å². The number of carbonyl (C=O) groups is 3. The molecule has 94 valence electrons. The largest absolute Gasteiger partial charge is 0.465 e. The van der Waals surface area contributed by atoms with Gasteiger partial charge in [-0.25, -0.2) is 4.79 Å². The summed E-state index contributed by atoms with van der Waals surface area (Å²) in [5.74, 6) is -0.728. The van der Waals surface area contributed by atoms with E-state index in [2.05, 4.69) is 5.32 Å². The maximum absolute atomic E-state index is 12.2. The number of hydrogen-bond donors (Lipinski definition) is 2. The number of nitrogens with one attached hydrogen (secondary N) is 1. The molecule has 2 saturated heterocycles. The number of hydrogen-bond acceptors (Lipinski definition) is 5. The van der Waals surface area contributed by atoms with Gasteiger partial charge in [0, 0.05) is 32.3 Å². The average molecular weight is 249 g/mol. The molecule has 0 aromatic heterocycles. The minimum atomic E-state index is -1.34. The molecule has 3 rings (SSSR count). The molecular formula is C11H11N3O4. The Morgan fingerprint density at radius 1 is 1.17 bits per heavy atom. The van der Waals surface area contributed by atoms with Gasteiger partial charge in [-0.1, -0.05) is 0 Å². The highest BCUT2D eigenvalue weighted by molar-refractivity contribution is 6.23. The summed E-state index contributed by atoms with van der Waals surface area (Å²) in [6, 6.07) is 0. The SMILES string of the molecule is O=C(O)NC1=C(N2CC2)C(=O)C=C(N2CC2)C1=O. The standard InChI is InChI=1S/C11H11N3O4/c15-7-5-6(13-1-2-13)10(16)8(12-11(17)18)9(7)14-3-4-14/h5,12H,1-4H2,(H,17,18). The molecule has 7 nitrogen and oxygen atoms in total. The zero-order chi connectivity index (χ0) is 12.9. The van der Waals surface area contributed by atoms with Crippen LogP contribution in [0.1, 0.15) is 0 Å². The maximum Gasteiger partial charge on any atom is 0.409 e. The third-order valence-electron chi connectivity index (χ3n) is 2.98. The summed E-state index contributed by atoms with van der Waals surface area (Å²) < 4.78 is 0. The Balaban J connectivity index is 1.99. The first-order chi connectivity index (χ1) is 8.58. The molecule has 2 aliphatic heterocycles. The molecule has 1 aliphatic carbocycles. The average Bonchev–Trinajstić information content (AvgIpc) is 3.13. The molecule has 7 heteroatoms. The molecule has 0 radical (unpaired) electrons. The van der Waals surface area contributed by atoms with Gasteiger partial charge in [0.1, 0.15) is 11.4 Å². The van der Waals surface area contributed by atoms with Gasteiger partial charge in [0.2, 0.25) is 11.6 Å². The fourth-order valence-electron chi connectivity index (χ4n) is 1.95. The first kappa shape index (κ1) is 10.8. The lowest BCUT2D eigenvalue weighted by Gasteiger charge is -2.20. The van der Waals surface area contributed by atoms with Crippen molar-refractivity contribution in [3.05, 3.63) is 23.2 Å². The topological polar surface area (TPSA) is 89.5 Å². The molecule has 0 unspecified atom stereocenters. The third-order valence-corrected chi connectivity index (χ3v) is 2.98. The van der Waals surface area contributed by atoms with E-state index in [1.165, 1.54) is 6.08 Å². The number of allylic oxidation sites excluding steroid dienone is 1. The van der Waals surface area contributed by atoms with Crippen LogP contribution in [0.2, 0.25) is 0 Å². The van der Waals surface area contributed by atoms with E-state index >= 15 is 0 Å². The van der Waals surface area contributed by atoms with Crippen molar-refractivity contribution < 1.29 is 19.5 Å². The van der Waals surface area contributed by atoms with Gasteiger partial charge < -0.3 is 14.9 Å². The van der Waals surface area contributed by atoms with Crippen molar-refractivity contribution in [3.63, 3.8) is 0 Å². The molecule has 0 aromatic carbocycles. The van der Waals surface area contributed by atoms with E-state index in [9.17, 15) is 14.4 Å². The highest BCUT2D eigenvalue weighted by atomic mass is 16.4. The predicted octanol–water partition coefficient (Wildman–Crippen LogP) is -0.868. The van der Waals surface area contributed by atoms with Gasteiger partial charge >= 0.3 is 6.09 Å². The Labute approximate surface area is 102 Å². The van der Waals surface area contributed by atoms with Crippen molar-refractivity contribution in [2.24, 2.45) is 0 Å². The van der Waals surface area contributed by atoms with Gasteiger partial charge in [0.15, 0.2) is 0 Å². The molecule has 1 amide bonds. The number of amides is 1. The fraction of sp³-hybridized carbons (Fsp3) is 0.364. The van der Waals surface area contributed by atoms with Crippen molar-refractivity contribution in [1.82, 2.24) is 15.1 Å². The van der Waals surface area contributed by atoms with Crippen LogP contribution in [0, 0.1) is 0 Å². The van der Waals surface area contributed by atoms with Crippen LogP contribution in [-0.4, -0.2) is 58.7 Å². The first-order valence-electron chi connectivity index (χ1n) is 5.63. The Morgan fingerprint density at radius 3 is 2.28 bits per heavy atom. The molecular weight excluding hydrogens is 238 g/mol. The van der Waals surface area contributed by atoms with Gasteiger partial charge in [-0.3, -0.25) is 14.9 Å². The molecule has 0 saturated carbocycles. The summed E-state index contributed by atoms with van der Waals surface area (Å²) in [6.45, 7) is 2.80. The summed E-state index contributed by atoms with van der Waals surface area (Å²) in [6.07, 6.45) is -0.0340. The molecule has 0 spiro atoms. The molecule has 0 bridgehead atoms. The van der Waals surface area contributed by atoms with Crippen LogP contribution in [0.25, 0.3) is 0 Å². The molecule has 2 N–H and O–H groups in total. The third kappa shape index (κ3) is 1.73. The van der Waals surface area contributed by atoms with E-state index in [4.69, 9.17) is 5.11 Å². The van der Waals surface area contributed by atoms with Crippen LogP contribution >= 0.6 is 0 Å². The fourth-order valence-corrected chi connectivity index (χ4v) is 1.95. The van der Waals surface area contributed by atoms with Crippen molar-refractivity contribution in [1.29, 1.82) is 0 Å². The van der Waals surface area contributed by atoms with Crippen LogP contribution in [0.15, 0.2) is 23.2 Å². The molecule has 3 aliphatic rings. The van der Waals surface area contributed by atoms with Gasteiger partial charge in [0.25, 0.3) is 0 Å². The van der Waals surface area contributed by atoms with E-state index in [1.54, 1.807) is 9.80 Å². The van der Waals surface area contributed by atoms with E-state index < -0.39 is 11.9 Å². The summed E-state index contributed by atoms with van der Waals surface area (Å²) in [4.78, 5) is 38.3. The van der Waals surface area contributed by atoms with E-state index in [-0.39, 0.29) is 22.9 Å². The maximum atomic E-state index is 12.2. The lowest BCUT2D eigenvalue weighted by Crippen LogP contribution is -2.35. The molecule has 18 heavy (non-hydrogen) atoms. The van der Waals surface area contributed by atoms with Crippen LogP contribution in [0.5, 0.6) is 0 Å². The molecule has 2 fully saturated rings. The quantitative estimate of drug-likeness (QED) is 0.499. The summed E-state index contributed by atoms with van der Waals surface area (Å²) >= 11 is 0. The van der Waals surface area contributed by atoms with Gasteiger partial charge in [-0.05, 0) is 0 Å². The number of ketones is 2. The summed E-state index contributed by atoms with van der Waals surface area (Å²) in [5.41, 5.74) is 0.344. The van der Waals surface area contributed by atoms with Crippen LogP contribution in [-0.2, 0) is 9.59 Å². The van der Waals surface area contributed by atoms with Crippen molar-refractivity contribution in [3.8, 4) is 0 Å². The Kier molecular flexibility index (Phi) is 2.16. The number of carbonyl (C=O) groups excluding carboxylic acids is 2. The lowest BCUT2D eigenvalue weighted by molar-refractivity contribution is -0.117. The van der Waals surface area contributed by atoms with Crippen molar-refractivity contribution >= 4 is 17.7 Å². The van der Waals surface area contributed by atoms with Crippen LogP contribution in [0.4, 0.5) is 4.79 Å². The smallest absolute Gasteiger partial charge is 0.409 e. The van der Waals surface area contributed by atoms with Crippen LogP contribution < -0.4 is 5.32 Å². The Morgan fingerprint density at radius 2 is 1.78 bits per heavy atom. The Hall–Kier alpha value is -2.31. The zero-order valence-corrected chi connectivity index (χ0v) is 9.47. The second-order valence-corrected chi connectivity index (χ2v) is 4.35. The zero-order valence-electron chi connectivity index (χ0n) is 9.47. The predicted molar refractivity (Wildman–Crippen MR) is 59.4 cm³/mol. The second-order valence-electron chi connectivity index (χ2n) is 4.35. The van der Waals surface area contributed by atoms with Gasteiger partial charge in [-0.15, -0.1) is 0 Å². The van der Waals surface area contributed by atoms with Gasteiger partial charge in [0.05, 0.1) is 5.70 Å². The number of rotatable bonds is 3. The van der Waals surface area contributed by atoms with Crippen LogP contribution in [0.3, 0.4) is 0 Å². The Bertz CT molecular complexity index is 526. The van der Waals surface area contributed by atoms with E-state index in [1.807, 2.05) is 0 Å². The normalized spacial score (nSPS) is 22.1. The highest BCUT2D eigenvalue weighted by Gasteiger charge is 2.39. The van der Waals surface area contributed by atoms with Gasteiger partial charge in [-0.2, -0.15) is 0 Å². The highest BCUT2D eigenvalue weighted by Crippen LogP contribution is 2.28. The van der Waals surface area contributed by atoms with E-state index in [0.29, 0.717) is 13.1 Å². The number of Topliss-reactive ketones (excluding diaryl/α,β-unsaturated/α-hetero) is 1. The number of nitrogens with zero attached hydrogens (tertiary/aromatic N) is 2.